The maximum atomic E-state index is 12.1. The van der Waals surface area contributed by atoms with Crippen molar-refractivity contribution in [3.63, 3.8) is 0 Å². The van der Waals surface area contributed by atoms with E-state index in [9.17, 15) is 13.2 Å². The highest BCUT2D eigenvalue weighted by atomic mass is 32.2. The van der Waals surface area contributed by atoms with Crippen LogP contribution < -0.4 is 10.1 Å². The molecule has 1 aromatic rings. The Kier molecular flexibility index (Phi) is 4.83. The third kappa shape index (κ3) is 4.09. The van der Waals surface area contributed by atoms with Gasteiger partial charge in [-0.15, -0.1) is 0 Å². The molecule has 1 aliphatic rings. The molecule has 1 atom stereocenters. The Hall–Kier alpha value is -2.33. The number of amides is 1. The molecule has 1 saturated heterocycles. The van der Waals surface area contributed by atoms with E-state index in [1.54, 1.807) is 24.3 Å². The Morgan fingerprint density at radius 2 is 2.27 bits per heavy atom. The highest BCUT2D eigenvalue weighted by molar-refractivity contribution is 7.91. The van der Waals surface area contributed by atoms with E-state index in [4.69, 9.17) is 10.00 Å². The van der Waals surface area contributed by atoms with Crippen LogP contribution in [0.1, 0.15) is 12.0 Å². The van der Waals surface area contributed by atoms with Gasteiger partial charge in [-0.3, -0.25) is 4.79 Å². The molecule has 1 aromatic carbocycles. The van der Waals surface area contributed by atoms with E-state index in [1.165, 1.54) is 13.2 Å². The highest BCUT2D eigenvalue weighted by Gasteiger charge is 2.29. The van der Waals surface area contributed by atoms with E-state index in [2.05, 4.69) is 5.32 Å². The molecular weight excluding hydrogens is 304 g/mol. The zero-order chi connectivity index (χ0) is 16.2. The molecular formula is C15H16N2O4S. The first-order valence-corrected chi connectivity index (χ1v) is 8.53. The molecule has 6 nitrogen and oxygen atoms in total. The Labute approximate surface area is 129 Å². The summed E-state index contributed by atoms with van der Waals surface area (Å²) < 4.78 is 27.8. The van der Waals surface area contributed by atoms with Gasteiger partial charge in [0.2, 0.25) is 0 Å². The topological polar surface area (TPSA) is 96.3 Å². The van der Waals surface area contributed by atoms with Crippen molar-refractivity contribution in [1.29, 1.82) is 5.26 Å². The lowest BCUT2D eigenvalue weighted by Gasteiger charge is -2.10. The second-order valence-electron chi connectivity index (χ2n) is 5.02. The number of methoxy groups -OCH3 is 1. The van der Waals surface area contributed by atoms with Gasteiger partial charge in [-0.2, -0.15) is 5.26 Å². The van der Waals surface area contributed by atoms with Gasteiger partial charge in [-0.05, 0) is 30.2 Å². The van der Waals surface area contributed by atoms with Crippen LogP contribution >= 0.6 is 0 Å². The second kappa shape index (κ2) is 6.62. The number of ether oxygens (including phenoxy) is 1. The van der Waals surface area contributed by atoms with Crippen molar-refractivity contribution in [3.05, 3.63) is 35.4 Å². The molecule has 0 aliphatic carbocycles. The van der Waals surface area contributed by atoms with E-state index in [0.29, 0.717) is 17.7 Å². The maximum Gasteiger partial charge on any atom is 0.262 e. The number of benzene rings is 1. The molecule has 1 N–H and O–H groups in total. The van der Waals surface area contributed by atoms with Crippen molar-refractivity contribution in [3.8, 4) is 11.8 Å². The first-order chi connectivity index (χ1) is 10.4. The zero-order valence-corrected chi connectivity index (χ0v) is 12.9. The number of sulfone groups is 1. The van der Waals surface area contributed by atoms with Crippen molar-refractivity contribution in [2.24, 2.45) is 0 Å². The number of hydrogen-bond donors (Lipinski definition) is 1. The van der Waals surface area contributed by atoms with E-state index in [1.807, 2.05) is 6.07 Å². The van der Waals surface area contributed by atoms with Crippen LogP contribution in [0.25, 0.3) is 6.08 Å². The summed E-state index contributed by atoms with van der Waals surface area (Å²) in [4.78, 5) is 12.1. The van der Waals surface area contributed by atoms with Crippen molar-refractivity contribution in [1.82, 2.24) is 5.32 Å². The van der Waals surface area contributed by atoms with E-state index >= 15 is 0 Å². The number of carbonyl (C=O) groups is 1. The molecule has 0 unspecified atom stereocenters. The molecule has 1 fully saturated rings. The molecule has 0 bridgehead atoms. The fourth-order valence-electron chi connectivity index (χ4n) is 2.22. The Morgan fingerprint density at radius 3 is 2.86 bits per heavy atom. The van der Waals surface area contributed by atoms with Crippen LogP contribution in [0.3, 0.4) is 0 Å². The fraction of sp³-hybridized carbons (Fsp3) is 0.333. The monoisotopic (exact) mass is 320 g/mol. The maximum absolute atomic E-state index is 12.1. The van der Waals surface area contributed by atoms with Gasteiger partial charge in [0.1, 0.15) is 17.4 Å². The van der Waals surface area contributed by atoms with Crippen LogP contribution in [0.15, 0.2) is 29.8 Å². The minimum Gasteiger partial charge on any atom is -0.497 e. The average molecular weight is 320 g/mol. The third-order valence-electron chi connectivity index (χ3n) is 3.34. The van der Waals surface area contributed by atoms with Gasteiger partial charge in [-0.25, -0.2) is 8.42 Å². The van der Waals surface area contributed by atoms with Gasteiger partial charge in [-0.1, -0.05) is 12.1 Å². The van der Waals surface area contributed by atoms with Gasteiger partial charge >= 0.3 is 0 Å². The molecule has 0 saturated carbocycles. The number of rotatable bonds is 4. The molecule has 2 rings (SSSR count). The van der Waals surface area contributed by atoms with Crippen LogP contribution in [0.4, 0.5) is 0 Å². The van der Waals surface area contributed by atoms with Crippen molar-refractivity contribution in [2.45, 2.75) is 12.5 Å². The summed E-state index contributed by atoms with van der Waals surface area (Å²) in [5, 5.41) is 11.7. The summed E-state index contributed by atoms with van der Waals surface area (Å²) in [6.45, 7) is 0. The Balaban J connectivity index is 2.12. The predicted octanol–water partition coefficient (Wildman–Crippen LogP) is 0.905. The van der Waals surface area contributed by atoms with Gasteiger partial charge in [0.25, 0.3) is 5.91 Å². The number of hydrogen-bond acceptors (Lipinski definition) is 5. The molecule has 7 heteroatoms. The lowest BCUT2D eigenvalue weighted by Crippen LogP contribution is -2.36. The third-order valence-corrected chi connectivity index (χ3v) is 5.11. The van der Waals surface area contributed by atoms with Gasteiger partial charge in [0.15, 0.2) is 9.84 Å². The average Bonchev–Trinajstić information content (AvgIpc) is 2.83. The molecule has 0 aromatic heterocycles. The first kappa shape index (κ1) is 16.0. The molecule has 22 heavy (non-hydrogen) atoms. The summed E-state index contributed by atoms with van der Waals surface area (Å²) in [6, 6.07) is 8.36. The molecule has 1 aliphatic heterocycles. The van der Waals surface area contributed by atoms with Crippen LogP contribution in [0.5, 0.6) is 5.75 Å². The predicted molar refractivity (Wildman–Crippen MR) is 81.8 cm³/mol. The molecule has 0 spiro atoms. The molecule has 1 amide bonds. The van der Waals surface area contributed by atoms with Gasteiger partial charge < -0.3 is 10.1 Å². The van der Waals surface area contributed by atoms with E-state index < -0.39 is 21.8 Å². The van der Waals surface area contributed by atoms with Gasteiger partial charge in [0, 0.05) is 6.04 Å². The molecule has 116 valence electrons. The number of carbonyl (C=O) groups excluding carboxylic acids is 1. The quantitative estimate of drug-likeness (QED) is 0.657. The minimum atomic E-state index is -3.08. The van der Waals surface area contributed by atoms with Crippen LogP contribution in [0, 0.1) is 11.3 Å². The largest absolute Gasteiger partial charge is 0.497 e. The minimum absolute atomic E-state index is 0.0689. The van der Waals surface area contributed by atoms with Crippen LogP contribution in [0.2, 0.25) is 0 Å². The summed E-state index contributed by atoms with van der Waals surface area (Å²) in [6.07, 6.45) is 1.83. The highest BCUT2D eigenvalue weighted by Crippen LogP contribution is 2.16. The van der Waals surface area contributed by atoms with Crippen molar-refractivity contribution in [2.75, 3.05) is 18.6 Å². The SMILES string of the molecule is COc1cccc(/C=C(\C#N)C(=O)N[C@@H]2CCS(=O)(=O)C2)c1. The van der Waals surface area contributed by atoms with E-state index in [-0.39, 0.29) is 17.1 Å². The van der Waals surface area contributed by atoms with Gasteiger partial charge in [0.05, 0.1) is 18.6 Å². The summed E-state index contributed by atoms with van der Waals surface area (Å²) >= 11 is 0. The smallest absolute Gasteiger partial charge is 0.262 e. The normalized spacial score (nSPS) is 20.2. The van der Waals surface area contributed by atoms with Crippen LogP contribution in [-0.4, -0.2) is 39.0 Å². The Morgan fingerprint density at radius 1 is 1.50 bits per heavy atom. The number of nitrogens with one attached hydrogen (secondary N) is 1. The second-order valence-corrected chi connectivity index (χ2v) is 7.25. The van der Waals surface area contributed by atoms with Crippen LogP contribution in [-0.2, 0) is 14.6 Å². The first-order valence-electron chi connectivity index (χ1n) is 6.70. The zero-order valence-electron chi connectivity index (χ0n) is 12.1. The van der Waals surface area contributed by atoms with Crippen molar-refractivity contribution >= 4 is 21.8 Å². The number of nitrogens with zero attached hydrogens (tertiary/aromatic N) is 1. The van der Waals surface area contributed by atoms with E-state index in [0.717, 1.165) is 0 Å². The fourth-order valence-corrected chi connectivity index (χ4v) is 3.89. The van der Waals surface area contributed by atoms with Crippen molar-refractivity contribution < 1.29 is 17.9 Å². The molecule has 1 heterocycles. The Bertz CT molecular complexity index is 747. The summed E-state index contributed by atoms with van der Waals surface area (Å²) in [7, 11) is -1.55. The lowest BCUT2D eigenvalue weighted by molar-refractivity contribution is -0.117. The molecule has 0 radical (unpaired) electrons. The lowest BCUT2D eigenvalue weighted by atomic mass is 10.1. The number of nitriles is 1. The summed E-state index contributed by atoms with van der Waals surface area (Å²) in [5.41, 5.74) is 0.586. The summed E-state index contributed by atoms with van der Waals surface area (Å²) in [5.74, 6) is 0.0523. The standard InChI is InChI=1S/C15H16N2O4S/c1-21-14-4-2-3-11(8-14)7-12(9-16)15(18)17-13-5-6-22(19,20)10-13/h2-4,7-8,13H,5-6,10H2,1H3,(H,17,18)/b12-7+/t13-/m1/s1.